The summed E-state index contributed by atoms with van der Waals surface area (Å²) >= 11 is 3.68. The highest BCUT2D eigenvalue weighted by Crippen LogP contribution is 2.34. The number of benzene rings is 1. The summed E-state index contributed by atoms with van der Waals surface area (Å²) in [6.07, 6.45) is 2.25. The first-order valence-electron chi connectivity index (χ1n) is 7.54. The Bertz CT molecular complexity index is 491. The van der Waals surface area contributed by atoms with Crippen LogP contribution in [0.15, 0.2) is 22.7 Å². The van der Waals surface area contributed by atoms with Crippen LogP contribution in [0.25, 0.3) is 0 Å². The molecule has 2 aliphatic rings. The Labute approximate surface area is 129 Å². The topological polar surface area (TPSA) is 26.7 Å². The van der Waals surface area contributed by atoms with Crippen molar-refractivity contribution >= 4 is 21.6 Å². The number of aliphatic hydroxyl groups is 1. The van der Waals surface area contributed by atoms with Crippen LogP contribution in [0.3, 0.4) is 0 Å². The zero-order chi connectivity index (χ0) is 14.3. The molecule has 3 rings (SSSR count). The number of halogens is 1. The third-order valence-corrected chi connectivity index (χ3v) is 5.34. The number of nitrogens with zero attached hydrogens (tertiary/aromatic N) is 2. The standard InChI is InChI=1S/C16H23BrN2O/c1-11-9-18-7-3-4-14(18)10-19(11)16-6-5-13(12(2)20)8-15(16)17/h5-6,8,11-12,14,20H,3-4,7,9-10H2,1-2H3. The number of fused-ring (bicyclic) bond motifs is 1. The molecule has 0 spiro atoms. The molecule has 110 valence electrons. The van der Waals surface area contributed by atoms with Gasteiger partial charge in [-0.15, -0.1) is 0 Å². The lowest BCUT2D eigenvalue weighted by molar-refractivity contribution is 0.198. The van der Waals surface area contributed by atoms with Gasteiger partial charge in [0.2, 0.25) is 0 Å². The van der Waals surface area contributed by atoms with E-state index in [1.165, 1.54) is 25.1 Å². The third kappa shape index (κ3) is 2.61. The smallest absolute Gasteiger partial charge is 0.0762 e. The molecule has 2 heterocycles. The van der Waals surface area contributed by atoms with Gasteiger partial charge in [0.05, 0.1) is 11.8 Å². The molecule has 3 unspecified atom stereocenters. The fraction of sp³-hybridized carbons (Fsp3) is 0.625. The Hall–Kier alpha value is -0.580. The van der Waals surface area contributed by atoms with Crippen LogP contribution in [-0.2, 0) is 0 Å². The van der Waals surface area contributed by atoms with Gasteiger partial charge in [0.15, 0.2) is 0 Å². The maximum absolute atomic E-state index is 9.68. The summed E-state index contributed by atoms with van der Waals surface area (Å²) in [7, 11) is 0. The van der Waals surface area contributed by atoms with Gasteiger partial charge in [0.1, 0.15) is 0 Å². The van der Waals surface area contributed by atoms with Crippen LogP contribution in [0.2, 0.25) is 0 Å². The van der Waals surface area contributed by atoms with Crippen LogP contribution >= 0.6 is 15.9 Å². The van der Waals surface area contributed by atoms with Crippen LogP contribution in [0.4, 0.5) is 5.69 Å². The molecule has 2 aliphatic heterocycles. The predicted molar refractivity (Wildman–Crippen MR) is 86.2 cm³/mol. The molecular formula is C16H23BrN2O. The largest absolute Gasteiger partial charge is 0.389 e. The summed E-state index contributed by atoms with van der Waals surface area (Å²) in [5.74, 6) is 0. The van der Waals surface area contributed by atoms with Crippen molar-refractivity contribution in [2.24, 2.45) is 0 Å². The zero-order valence-corrected chi connectivity index (χ0v) is 13.8. The number of piperazine rings is 1. The van der Waals surface area contributed by atoms with Crippen molar-refractivity contribution in [3.63, 3.8) is 0 Å². The number of anilines is 1. The normalized spacial score (nSPS) is 28.5. The number of hydrogen-bond acceptors (Lipinski definition) is 3. The summed E-state index contributed by atoms with van der Waals surface area (Å²) in [6, 6.07) is 7.49. The summed E-state index contributed by atoms with van der Waals surface area (Å²) < 4.78 is 1.09. The Kier molecular flexibility index (Phi) is 4.07. The van der Waals surface area contributed by atoms with Gasteiger partial charge in [-0.05, 0) is 66.9 Å². The second kappa shape index (κ2) is 5.66. The maximum atomic E-state index is 9.68. The van der Waals surface area contributed by atoms with Gasteiger partial charge in [0, 0.05) is 29.6 Å². The van der Waals surface area contributed by atoms with Crippen molar-refractivity contribution in [2.45, 2.75) is 44.9 Å². The molecule has 0 amide bonds. The van der Waals surface area contributed by atoms with Crippen molar-refractivity contribution in [2.75, 3.05) is 24.5 Å². The summed E-state index contributed by atoms with van der Waals surface area (Å²) in [5, 5.41) is 9.68. The first-order valence-corrected chi connectivity index (χ1v) is 8.34. The predicted octanol–water partition coefficient (Wildman–Crippen LogP) is 3.18. The number of aliphatic hydroxyl groups excluding tert-OH is 1. The van der Waals surface area contributed by atoms with Crippen molar-refractivity contribution in [3.8, 4) is 0 Å². The highest BCUT2D eigenvalue weighted by Gasteiger charge is 2.34. The van der Waals surface area contributed by atoms with E-state index in [0.717, 1.165) is 29.2 Å². The molecule has 0 aliphatic carbocycles. The van der Waals surface area contributed by atoms with Gasteiger partial charge < -0.3 is 10.0 Å². The van der Waals surface area contributed by atoms with E-state index < -0.39 is 6.10 Å². The van der Waals surface area contributed by atoms with E-state index in [4.69, 9.17) is 0 Å². The average molecular weight is 339 g/mol. The van der Waals surface area contributed by atoms with E-state index in [1.807, 2.05) is 12.1 Å². The van der Waals surface area contributed by atoms with Crippen LogP contribution < -0.4 is 4.90 Å². The van der Waals surface area contributed by atoms with E-state index >= 15 is 0 Å². The van der Waals surface area contributed by atoms with Gasteiger partial charge in [0.25, 0.3) is 0 Å². The third-order valence-electron chi connectivity index (χ3n) is 4.70. The molecule has 0 aromatic heterocycles. The molecule has 4 heteroatoms. The lowest BCUT2D eigenvalue weighted by Gasteiger charge is -2.44. The Morgan fingerprint density at radius 3 is 2.85 bits per heavy atom. The molecule has 1 aromatic carbocycles. The highest BCUT2D eigenvalue weighted by atomic mass is 79.9. The van der Waals surface area contributed by atoms with E-state index in [2.05, 4.69) is 38.7 Å². The number of rotatable bonds is 2. The first-order chi connectivity index (χ1) is 9.56. The SMILES string of the molecule is CC(O)c1ccc(N2CC3CCCN3CC2C)c(Br)c1. The lowest BCUT2D eigenvalue weighted by Crippen LogP contribution is -2.55. The fourth-order valence-electron chi connectivity index (χ4n) is 3.54. The van der Waals surface area contributed by atoms with Crippen LogP contribution in [-0.4, -0.2) is 41.7 Å². The van der Waals surface area contributed by atoms with E-state index in [9.17, 15) is 5.11 Å². The minimum Gasteiger partial charge on any atom is -0.389 e. The molecular weight excluding hydrogens is 316 g/mol. The van der Waals surface area contributed by atoms with Gasteiger partial charge in [-0.25, -0.2) is 0 Å². The molecule has 2 fully saturated rings. The molecule has 0 radical (unpaired) electrons. The van der Waals surface area contributed by atoms with Crippen molar-refractivity contribution in [1.29, 1.82) is 0 Å². The van der Waals surface area contributed by atoms with Gasteiger partial charge >= 0.3 is 0 Å². The molecule has 0 saturated carbocycles. The molecule has 3 nitrogen and oxygen atoms in total. The first kappa shape index (κ1) is 14.4. The highest BCUT2D eigenvalue weighted by molar-refractivity contribution is 9.10. The molecule has 3 atom stereocenters. The summed E-state index contributed by atoms with van der Waals surface area (Å²) in [4.78, 5) is 5.15. The van der Waals surface area contributed by atoms with E-state index in [0.29, 0.717) is 6.04 Å². The second-order valence-corrected chi connectivity index (χ2v) is 7.03. The van der Waals surface area contributed by atoms with Crippen molar-refractivity contribution in [3.05, 3.63) is 28.2 Å². The van der Waals surface area contributed by atoms with Gasteiger partial charge in [-0.1, -0.05) is 6.07 Å². The molecule has 0 bridgehead atoms. The van der Waals surface area contributed by atoms with Crippen LogP contribution in [0, 0.1) is 0 Å². The van der Waals surface area contributed by atoms with Crippen molar-refractivity contribution in [1.82, 2.24) is 4.90 Å². The number of hydrogen-bond donors (Lipinski definition) is 1. The second-order valence-electron chi connectivity index (χ2n) is 6.18. The van der Waals surface area contributed by atoms with E-state index in [1.54, 1.807) is 6.92 Å². The summed E-state index contributed by atoms with van der Waals surface area (Å²) in [6.45, 7) is 7.67. The Morgan fingerprint density at radius 2 is 2.15 bits per heavy atom. The van der Waals surface area contributed by atoms with Gasteiger partial charge in [-0.2, -0.15) is 0 Å². The Balaban J connectivity index is 1.84. The molecule has 20 heavy (non-hydrogen) atoms. The minimum absolute atomic E-state index is 0.413. The van der Waals surface area contributed by atoms with Gasteiger partial charge in [-0.3, -0.25) is 4.90 Å². The molecule has 1 N–H and O–H groups in total. The average Bonchev–Trinajstić information content (AvgIpc) is 2.84. The minimum atomic E-state index is -0.413. The zero-order valence-electron chi connectivity index (χ0n) is 12.2. The van der Waals surface area contributed by atoms with Crippen LogP contribution in [0.5, 0.6) is 0 Å². The molecule has 2 saturated heterocycles. The lowest BCUT2D eigenvalue weighted by atomic mass is 10.1. The monoisotopic (exact) mass is 338 g/mol. The molecule has 1 aromatic rings. The summed E-state index contributed by atoms with van der Waals surface area (Å²) in [5.41, 5.74) is 2.22. The van der Waals surface area contributed by atoms with Crippen molar-refractivity contribution < 1.29 is 5.11 Å². The Morgan fingerprint density at radius 1 is 1.35 bits per heavy atom. The quantitative estimate of drug-likeness (QED) is 0.897. The fourth-order valence-corrected chi connectivity index (χ4v) is 4.16. The van der Waals surface area contributed by atoms with Crippen LogP contribution in [0.1, 0.15) is 38.4 Å². The van der Waals surface area contributed by atoms with E-state index in [-0.39, 0.29) is 0 Å². The maximum Gasteiger partial charge on any atom is 0.0762 e.